The van der Waals surface area contributed by atoms with Crippen molar-refractivity contribution in [3.05, 3.63) is 45.1 Å². The van der Waals surface area contributed by atoms with Crippen LogP contribution in [0.15, 0.2) is 18.2 Å². The summed E-state index contributed by atoms with van der Waals surface area (Å²) >= 11 is 0. The van der Waals surface area contributed by atoms with Crippen LogP contribution >= 0.6 is 0 Å². The molecule has 1 aromatic carbocycles. The molecule has 96 valence electrons. The number of nitriles is 1. The molecule has 0 aliphatic heterocycles. The predicted molar refractivity (Wildman–Crippen MR) is 66.1 cm³/mol. The van der Waals surface area contributed by atoms with Crippen molar-refractivity contribution in [2.45, 2.75) is 13.5 Å². The van der Waals surface area contributed by atoms with E-state index in [9.17, 15) is 10.1 Å². The lowest BCUT2D eigenvalue weighted by Crippen LogP contribution is -2.07. The number of nitrogen functional groups attached to an aromatic ring is 1. The summed E-state index contributed by atoms with van der Waals surface area (Å²) in [5, 5.41) is 26.8. The predicted octanol–water partition coefficient (Wildman–Crippen LogP) is 0.997. The summed E-state index contributed by atoms with van der Waals surface area (Å²) in [7, 11) is 0. The van der Waals surface area contributed by atoms with Gasteiger partial charge in [0.15, 0.2) is 5.82 Å². The van der Waals surface area contributed by atoms with E-state index in [2.05, 4.69) is 10.3 Å². The lowest BCUT2D eigenvalue weighted by molar-refractivity contribution is -0.385. The highest BCUT2D eigenvalue weighted by molar-refractivity contribution is 5.44. The molecule has 8 heteroatoms. The summed E-state index contributed by atoms with van der Waals surface area (Å²) in [5.74, 6) is 0.179. The minimum Gasteiger partial charge on any atom is -0.381 e. The highest BCUT2D eigenvalue weighted by Crippen LogP contribution is 2.20. The van der Waals surface area contributed by atoms with Crippen molar-refractivity contribution in [2.24, 2.45) is 0 Å². The van der Waals surface area contributed by atoms with Crippen LogP contribution < -0.4 is 5.73 Å². The molecule has 0 amide bonds. The second-order valence-electron chi connectivity index (χ2n) is 3.97. The standard InChI is InChI=1S/C11H10N6O2/c1-7-4-8(2-3-10(7)17(18)19)6-16-11(13)9(5-12)14-15-16/h2-4H,6,13H2,1H3. The Balaban J connectivity index is 2.29. The second-order valence-corrected chi connectivity index (χ2v) is 3.97. The Morgan fingerprint density at radius 1 is 1.58 bits per heavy atom. The first-order chi connectivity index (χ1) is 9.02. The smallest absolute Gasteiger partial charge is 0.272 e. The molecule has 19 heavy (non-hydrogen) atoms. The zero-order chi connectivity index (χ0) is 14.0. The molecule has 0 atom stereocenters. The van der Waals surface area contributed by atoms with Gasteiger partial charge in [-0.15, -0.1) is 5.10 Å². The van der Waals surface area contributed by atoms with Crippen molar-refractivity contribution >= 4 is 11.5 Å². The minimum absolute atomic E-state index is 0.0630. The normalized spacial score (nSPS) is 10.1. The largest absolute Gasteiger partial charge is 0.381 e. The van der Waals surface area contributed by atoms with Crippen LogP contribution in [0.5, 0.6) is 0 Å². The molecule has 2 rings (SSSR count). The van der Waals surface area contributed by atoms with Gasteiger partial charge in [-0.3, -0.25) is 10.1 Å². The Morgan fingerprint density at radius 2 is 2.32 bits per heavy atom. The van der Waals surface area contributed by atoms with E-state index in [0.717, 1.165) is 5.56 Å². The van der Waals surface area contributed by atoms with Crippen molar-refractivity contribution in [3.8, 4) is 6.07 Å². The Bertz CT molecular complexity index is 685. The first kappa shape index (κ1) is 12.5. The minimum atomic E-state index is -0.434. The lowest BCUT2D eigenvalue weighted by Gasteiger charge is -2.04. The zero-order valence-electron chi connectivity index (χ0n) is 10.1. The summed E-state index contributed by atoms with van der Waals surface area (Å²) in [5.41, 5.74) is 7.17. The van der Waals surface area contributed by atoms with Crippen molar-refractivity contribution in [1.29, 1.82) is 5.26 Å². The molecule has 0 saturated carbocycles. The molecule has 8 nitrogen and oxygen atoms in total. The topological polar surface area (TPSA) is 124 Å². The number of anilines is 1. The molecule has 1 aromatic heterocycles. The number of nitrogens with zero attached hydrogens (tertiary/aromatic N) is 5. The summed E-state index contributed by atoms with van der Waals surface area (Å²) in [6.45, 7) is 1.96. The number of aromatic nitrogens is 3. The van der Waals surface area contributed by atoms with Gasteiger partial charge in [-0.2, -0.15) is 5.26 Å². The third kappa shape index (κ3) is 2.35. The molecule has 0 aliphatic carbocycles. The Kier molecular flexibility index (Phi) is 3.12. The highest BCUT2D eigenvalue weighted by Gasteiger charge is 2.12. The van der Waals surface area contributed by atoms with Crippen LogP contribution in [0.4, 0.5) is 11.5 Å². The van der Waals surface area contributed by atoms with Crippen molar-refractivity contribution in [3.63, 3.8) is 0 Å². The van der Waals surface area contributed by atoms with E-state index < -0.39 is 4.92 Å². The van der Waals surface area contributed by atoms with E-state index in [4.69, 9.17) is 11.0 Å². The number of nitro groups is 1. The van der Waals surface area contributed by atoms with Gasteiger partial charge in [0.05, 0.1) is 11.5 Å². The second kappa shape index (κ2) is 4.73. The van der Waals surface area contributed by atoms with Gasteiger partial charge in [0.1, 0.15) is 6.07 Å². The first-order valence-corrected chi connectivity index (χ1v) is 5.36. The van der Waals surface area contributed by atoms with Crippen molar-refractivity contribution in [2.75, 3.05) is 5.73 Å². The van der Waals surface area contributed by atoms with Gasteiger partial charge in [-0.05, 0) is 18.6 Å². The van der Waals surface area contributed by atoms with Gasteiger partial charge in [0.2, 0.25) is 5.69 Å². The van der Waals surface area contributed by atoms with Gasteiger partial charge in [-0.25, -0.2) is 4.68 Å². The first-order valence-electron chi connectivity index (χ1n) is 5.36. The van der Waals surface area contributed by atoms with Crippen LogP contribution in [0.2, 0.25) is 0 Å². The van der Waals surface area contributed by atoms with Crippen LogP contribution in [0, 0.1) is 28.4 Å². The van der Waals surface area contributed by atoms with E-state index in [0.29, 0.717) is 12.1 Å². The zero-order valence-corrected chi connectivity index (χ0v) is 10.1. The Hall–Kier alpha value is -2.95. The van der Waals surface area contributed by atoms with Gasteiger partial charge in [-0.1, -0.05) is 11.3 Å². The van der Waals surface area contributed by atoms with Crippen LogP contribution in [-0.2, 0) is 6.54 Å². The summed E-state index contributed by atoms with van der Waals surface area (Å²) < 4.78 is 1.37. The van der Waals surface area contributed by atoms with Crippen molar-refractivity contribution < 1.29 is 4.92 Å². The molecule has 0 saturated heterocycles. The third-order valence-corrected chi connectivity index (χ3v) is 2.67. The average molecular weight is 258 g/mol. The molecule has 0 spiro atoms. The van der Waals surface area contributed by atoms with E-state index in [1.54, 1.807) is 19.1 Å². The van der Waals surface area contributed by atoms with Gasteiger partial charge >= 0.3 is 0 Å². The summed E-state index contributed by atoms with van der Waals surface area (Å²) in [4.78, 5) is 10.3. The molecule has 2 N–H and O–H groups in total. The number of nitrogens with two attached hydrogens (primary N) is 1. The highest BCUT2D eigenvalue weighted by atomic mass is 16.6. The molecule has 0 unspecified atom stereocenters. The number of benzene rings is 1. The van der Waals surface area contributed by atoms with Crippen LogP contribution in [0.25, 0.3) is 0 Å². The average Bonchev–Trinajstić information content (AvgIpc) is 2.70. The molecule has 0 aliphatic rings. The number of rotatable bonds is 3. The Labute approximate surface area is 108 Å². The number of hydrogen-bond donors (Lipinski definition) is 1. The number of aryl methyl sites for hydroxylation is 1. The van der Waals surface area contributed by atoms with Crippen molar-refractivity contribution in [1.82, 2.24) is 15.0 Å². The maximum absolute atomic E-state index is 10.7. The molecule has 0 bridgehead atoms. The maximum atomic E-state index is 10.7. The molecule has 0 radical (unpaired) electrons. The fourth-order valence-electron chi connectivity index (χ4n) is 1.71. The maximum Gasteiger partial charge on any atom is 0.272 e. The van der Waals surface area contributed by atoms with E-state index in [1.807, 2.05) is 6.07 Å². The fraction of sp³-hybridized carbons (Fsp3) is 0.182. The molecular weight excluding hydrogens is 248 g/mol. The van der Waals surface area contributed by atoms with E-state index in [-0.39, 0.29) is 17.2 Å². The molecule has 0 fully saturated rings. The molecule has 2 aromatic rings. The monoisotopic (exact) mass is 258 g/mol. The van der Waals surface area contributed by atoms with Crippen LogP contribution in [0.3, 0.4) is 0 Å². The van der Waals surface area contributed by atoms with E-state index >= 15 is 0 Å². The van der Waals surface area contributed by atoms with Gasteiger partial charge < -0.3 is 5.73 Å². The van der Waals surface area contributed by atoms with Crippen LogP contribution in [0.1, 0.15) is 16.8 Å². The quantitative estimate of drug-likeness (QED) is 0.646. The third-order valence-electron chi connectivity index (χ3n) is 2.67. The summed E-state index contributed by atoms with van der Waals surface area (Å²) in [6, 6.07) is 6.57. The van der Waals surface area contributed by atoms with Crippen LogP contribution in [-0.4, -0.2) is 19.9 Å². The Morgan fingerprint density at radius 3 is 2.84 bits per heavy atom. The van der Waals surface area contributed by atoms with Gasteiger partial charge in [0.25, 0.3) is 5.69 Å². The number of hydrogen-bond acceptors (Lipinski definition) is 6. The van der Waals surface area contributed by atoms with Gasteiger partial charge in [0, 0.05) is 11.6 Å². The molecule has 1 heterocycles. The lowest BCUT2D eigenvalue weighted by atomic mass is 10.1. The fourth-order valence-corrected chi connectivity index (χ4v) is 1.71. The number of nitro benzene ring substituents is 1. The summed E-state index contributed by atoms with van der Waals surface area (Å²) in [6.07, 6.45) is 0. The SMILES string of the molecule is Cc1cc(Cn2nnc(C#N)c2N)ccc1[N+](=O)[O-]. The molecular formula is C11H10N6O2. The van der Waals surface area contributed by atoms with E-state index in [1.165, 1.54) is 10.7 Å².